The van der Waals surface area contributed by atoms with E-state index in [2.05, 4.69) is 20.8 Å². The number of aromatic nitrogens is 3. The standard InChI is InChI=1S/C25H25N5O2S2/c1-3-30-23(21-14-9-15-33-21)28-29-25(30)34-16-22(31)27-20-13-8-7-12-19(20)24(32)26-17(2)18-10-5-4-6-11-18/h4-15,17H,3,16H2,1-2H3,(H,26,32)(H,27,31)/t17-/m0/s1. The van der Waals surface area contributed by atoms with E-state index in [-0.39, 0.29) is 23.6 Å². The van der Waals surface area contributed by atoms with Gasteiger partial charge in [-0.2, -0.15) is 0 Å². The molecule has 2 heterocycles. The van der Waals surface area contributed by atoms with Crippen LogP contribution in [0, 0.1) is 0 Å². The number of hydrogen-bond donors (Lipinski definition) is 2. The number of nitrogens with one attached hydrogen (secondary N) is 2. The van der Waals surface area contributed by atoms with Crippen molar-refractivity contribution in [1.82, 2.24) is 20.1 Å². The first-order valence-electron chi connectivity index (χ1n) is 10.9. The number of thiophene rings is 1. The summed E-state index contributed by atoms with van der Waals surface area (Å²) in [4.78, 5) is 26.7. The van der Waals surface area contributed by atoms with Crippen LogP contribution in [0.2, 0.25) is 0 Å². The number of amides is 2. The largest absolute Gasteiger partial charge is 0.345 e. The third-order valence-electron chi connectivity index (χ3n) is 5.20. The molecule has 0 unspecified atom stereocenters. The van der Waals surface area contributed by atoms with Gasteiger partial charge in [0.05, 0.1) is 27.9 Å². The number of anilines is 1. The van der Waals surface area contributed by atoms with Gasteiger partial charge in [-0.15, -0.1) is 21.5 Å². The van der Waals surface area contributed by atoms with Gasteiger partial charge in [0.25, 0.3) is 5.91 Å². The third kappa shape index (κ3) is 5.55. The highest BCUT2D eigenvalue weighted by Crippen LogP contribution is 2.27. The molecule has 0 aliphatic carbocycles. The molecule has 174 valence electrons. The van der Waals surface area contributed by atoms with E-state index in [9.17, 15) is 9.59 Å². The summed E-state index contributed by atoms with van der Waals surface area (Å²) >= 11 is 2.92. The van der Waals surface area contributed by atoms with E-state index in [4.69, 9.17) is 0 Å². The average Bonchev–Trinajstić information content (AvgIpc) is 3.53. The number of nitrogens with zero attached hydrogens (tertiary/aromatic N) is 3. The zero-order chi connectivity index (χ0) is 23.9. The number of para-hydroxylation sites is 1. The van der Waals surface area contributed by atoms with Crippen molar-refractivity contribution < 1.29 is 9.59 Å². The minimum absolute atomic E-state index is 0.152. The SMILES string of the molecule is CCn1c(SCC(=O)Nc2ccccc2C(=O)N[C@@H](C)c2ccccc2)nnc1-c1cccs1. The third-order valence-corrected chi connectivity index (χ3v) is 7.03. The molecular formula is C25H25N5O2S2. The topological polar surface area (TPSA) is 88.9 Å². The molecule has 0 saturated heterocycles. The van der Waals surface area contributed by atoms with Crippen molar-refractivity contribution in [3.05, 3.63) is 83.2 Å². The van der Waals surface area contributed by atoms with Gasteiger partial charge >= 0.3 is 0 Å². The molecule has 2 aromatic carbocycles. The van der Waals surface area contributed by atoms with Crippen molar-refractivity contribution in [2.24, 2.45) is 0 Å². The Bertz CT molecular complexity index is 1260. The molecule has 0 saturated carbocycles. The molecule has 7 nitrogen and oxygen atoms in total. The summed E-state index contributed by atoms with van der Waals surface area (Å²) in [6, 6.07) is 20.6. The maximum Gasteiger partial charge on any atom is 0.253 e. The maximum absolute atomic E-state index is 12.9. The van der Waals surface area contributed by atoms with Gasteiger partial charge in [0.1, 0.15) is 0 Å². The first-order chi connectivity index (χ1) is 16.6. The molecule has 0 fully saturated rings. The lowest BCUT2D eigenvalue weighted by molar-refractivity contribution is -0.113. The predicted molar refractivity (Wildman–Crippen MR) is 137 cm³/mol. The maximum atomic E-state index is 12.9. The van der Waals surface area contributed by atoms with Crippen LogP contribution >= 0.6 is 23.1 Å². The molecule has 4 aromatic rings. The number of rotatable bonds is 9. The smallest absolute Gasteiger partial charge is 0.253 e. The van der Waals surface area contributed by atoms with Gasteiger partial charge in [0.2, 0.25) is 5.91 Å². The molecule has 4 rings (SSSR count). The Kier molecular flexibility index (Phi) is 7.76. The molecule has 1 atom stereocenters. The molecule has 0 bridgehead atoms. The van der Waals surface area contributed by atoms with Gasteiger partial charge < -0.3 is 15.2 Å². The summed E-state index contributed by atoms with van der Waals surface area (Å²) in [5.74, 6) is 0.490. The first-order valence-corrected chi connectivity index (χ1v) is 12.8. The van der Waals surface area contributed by atoms with Gasteiger partial charge in [0.15, 0.2) is 11.0 Å². The van der Waals surface area contributed by atoms with Gasteiger partial charge in [-0.1, -0.05) is 60.3 Å². The summed E-state index contributed by atoms with van der Waals surface area (Å²) in [5, 5.41) is 17.1. The van der Waals surface area contributed by atoms with Crippen LogP contribution in [-0.4, -0.2) is 32.3 Å². The van der Waals surface area contributed by atoms with E-state index in [0.29, 0.717) is 23.0 Å². The highest BCUT2D eigenvalue weighted by molar-refractivity contribution is 7.99. The fraction of sp³-hybridized carbons (Fsp3) is 0.200. The highest BCUT2D eigenvalue weighted by atomic mass is 32.2. The Labute approximate surface area is 206 Å². The molecule has 0 spiro atoms. The van der Waals surface area contributed by atoms with Crippen LogP contribution in [0.15, 0.2) is 77.3 Å². The van der Waals surface area contributed by atoms with Gasteiger partial charge in [-0.25, -0.2) is 0 Å². The van der Waals surface area contributed by atoms with Crippen LogP contribution in [0.3, 0.4) is 0 Å². The second kappa shape index (κ2) is 11.1. The second-order valence-corrected chi connectivity index (χ2v) is 9.41. The molecule has 34 heavy (non-hydrogen) atoms. The van der Waals surface area contributed by atoms with Crippen molar-refractivity contribution in [1.29, 1.82) is 0 Å². The summed E-state index contributed by atoms with van der Waals surface area (Å²) in [6.07, 6.45) is 0. The quantitative estimate of drug-likeness (QED) is 0.312. The van der Waals surface area contributed by atoms with E-state index >= 15 is 0 Å². The monoisotopic (exact) mass is 491 g/mol. The van der Waals surface area contributed by atoms with Gasteiger partial charge in [-0.05, 0) is 43.0 Å². The summed E-state index contributed by atoms with van der Waals surface area (Å²) < 4.78 is 2.00. The molecular weight excluding hydrogens is 466 g/mol. The average molecular weight is 492 g/mol. The molecule has 2 aromatic heterocycles. The lowest BCUT2D eigenvalue weighted by Crippen LogP contribution is -2.28. The van der Waals surface area contributed by atoms with Crippen molar-refractivity contribution in [2.45, 2.75) is 31.6 Å². The second-order valence-electron chi connectivity index (χ2n) is 7.52. The molecule has 2 N–H and O–H groups in total. The van der Waals surface area contributed by atoms with Crippen molar-refractivity contribution >= 4 is 40.6 Å². The molecule has 2 amide bonds. The minimum atomic E-state index is -0.244. The lowest BCUT2D eigenvalue weighted by atomic mass is 10.1. The minimum Gasteiger partial charge on any atom is -0.345 e. The van der Waals surface area contributed by atoms with Crippen LogP contribution in [-0.2, 0) is 11.3 Å². The van der Waals surface area contributed by atoms with Crippen molar-refractivity contribution in [3.8, 4) is 10.7 Å². The Morgan fingerprint density at radius 2 is 1.79 bits per heavy atom. The molecule has 0 radical (unpaired) electrons. The number of carbonyl (C=O) groups is 2. The van der Waals surface area contributed by atoms with Crippen LogP contribution in [0.25, 0.3) is 10.7 Å². The van der Waals surface area contributed by atoms with Crippen LogP contribution in [0.1, 0.15) is 35.8 Å². The Hall–Kier alpha value is -3.43. The fourth-order valence-electron chi connectivity index (χ4n) is 3.47. The fourth-order valence-corrected chi connectivity index (χ4v) is 4.99. The predicted octanol–water partition coefficient (Wildman–Crippen LogP) is 5.25. The van der Waals surface area contributed by atoms with Crippen LogP contribution in [0.4, 0.5) is 5.69 Å². The number of carbonyl (C=O) groups excluding carboxylic acids is 2. The van der Waals surface area contributed by atoms with E-state index < -0.39 is 0 Å². The van der Waals surface area contributed by atoms with E-state index in [1.54, 1.807) is 35.6 Å². The van der Waals surface area contributed by atoms with E-state index in [1.165, 1.54) is 11.8 Å². The lowest BCUT2D eigenvalue weighted by Gasteiger charge is -2.16. The zero-order valence-electron chi connectivity index (χ0n) is 18.9. The van der Waals surface area contributed by atoms with E-state index in [1.807, 2.05) is 66.3 Å². The van der Waals surface area contributed by atoms with Crippen molar-refractivity contribution in [3.63, 3.8) is 0 Å². The molecule has 0 aliphatic heterocycles. The van der Waals surface area contributed by atoms with E-state index in [0.717, 1.165) is 16.3 Å². The van der Waals surface area contributed by atoms with Crippen molar-refractivity contribution in [2.75, 3.05) is 11.1 Å². The Balaban J connectivity index is 1.40. The summed E-state index contributed by atoms with van der Waals surface area (Å²) in [7, 11) is 0. The number of benzene rings is 2. The number of hydrogen-bond acceptors (Lipinski definition) is 6. The first kappa shape index (κ1) is 23.7. The van der Waals surface area contributed by atoms with Crippen LogP contribution in [0.5, 0.6) is 0 Å². The summed E-state index contributed by atoms with van der Waals surface area (Å²) in [5.41, 5.74) is 1.90. The number of thioether (sulfide) groups is 1. The molecule has 0 aliphatic rings. The summed E-state index contributed by atoms with van der Waals surface area (Å²) in [6.45, 7) is 4.65. The Morgan fingerprint density at radius 1 is 1.03 bits per heavy atom. The van der Waals surface area contributed by atoms with Gasteiger partial charge in [0, 0.05) is 6.54 Å². The zero-order valence-corrected chi connectivity index (χ0v) is 20.5. The normalized spacial score (nSPS) is 11.7. The Morgan fingerprint density at radius 3 is 2.53 bits per heavy atom. The van der Waals surface area contributed by atoms with Crippen LogP contribution < -0.4 is 10.6 Å². The van der Waals surface area contributed by atoms with Gasteiger partial charge in [-0.3, -0.25) is 9.59 Å². The molecule has 9 heteroatoms. The highest BCUT2D eigenvalue weighted by Gasteiger charge is 2.18.